The summed E-state index contributed by atoms with van der Waals surface area (Å²) >= 11 is 0. The van der Waals surface area contributed by atoms with E-state index in [1.165, 1.54) is 18.2 Å². The highest BCUT2D eigenvalue weighted by Crippen LogP contribution is 2.28. The molecule has 0 heterocycles. The predicted octanol–water partition coefficient (Wildman–Crippen LogP) is 5.93. The van der Waals surface area contributed by atoms with Crippen LogP contribution in [-0.2, 0) is 0 Å². The summed E-state index contributed by atoms with van der Waals surface area (Å²) in [7, 11) is 0. The second-order valence-electron chi connectivity index (χ2n) is 4.91. The Bertz CT molecular complexity index is 671. The van der Waals surface area contributed by atoms with Crippen molar-refractivity contribution in [1.29, 1.82) is 0 Å². The van der Waals surface area contributed by atoms with Crippen LogP contribution in [0.3, 0.4) is 0 Å². The normalized spacial score (nSPS) is 14.0. The van der Waals surface area contributed by atoms with Crippen LogP contribution in [0, 0.1) is 6.92 Å². The van der Waals surface area contributed by atoms with E-state index in [-0.39, 0.29) is 5.75 Å². The lowest BCUT2D eigenvalue weighted by molar-refractivity contribution is -0.274. The molecule has 0 atom stereocenters. The molecule has 0 spiro atoms. The fraction of sp³-hybridized carbons (Fsp3) is 0.333. The van der Waals surface area contributed by atoms with Gasteiger partial charge < -0.3 is 4.74 Å². The maximum Gasteiger partial charge on any atom is 0.573 e. The standard InChI is InChI=1S/C18H21F3N2O/c1-5-10-22-12-14(6-2)16(7-3)23-17-9-8-15(11-13(17)4)24-18(19,20)21/h5-6,8-12H,7H2,1-4H3/b10-5-,14-6+,22-12+,23-16?. The lowest BCUT2D eigenvalue weighted by Crippen LogP contribution is -2.17. The fourth-order valence-corrected chi connectivity index (χ4v) is 1.97. The fourth-order valence-electron chi connectivity index (χ4n) is 1.97. The number of alkyl halides is 3. The van der Waals surface area contributed by atoms with Gasteiger partial charge in [0, 0.05) is 23.7 Å². The van der Waals surface area contributed by atoms with Crippen LogP contribution in [0.4, 0.5) is 18.9 Å². The Labute approximate surface area is 140 Å². The van der Waals surface area contributed by atoms with Gasteiger partial charge in [-0.25, -0.2) is 0 Å². The lowest BCUT2D eigenvalue weighted by atomic mass is 10.1. The average Bonchev–Trinajstić information content (AvgIpc) is 2.50. The zero-order valence-electron chi connectivity index (χ0n) is 14.2. The maximum atomic E-state index is 12.3. The van der Waals surface area contributed by atoms with E-state index in [0.717, 1.165) is 11.3 Å². The molecule has 1 rings (SSSR count). The topological polar surface area (TPSA) is 34.0 Å². The van der Waals surface area contributed by atoms with Gasteiger partial charge in [-0.05, 0) is 51.0 Å². The SMILES string of the molecule is C\C=C/N=C/C(=C\C)C(CC)=Nc1ccc(OC(F)(F)F)cc1C. The van der Waals surface area contributed by atoms with Crippen molar-refractivity contribution in [3.05, 3.63) is 47.7 Å². The van der Waals surface area contributed by atoms with E-state index in [0.29, 0.717) is 17.7 Å². The Morgan fingerprint density at radius 3 is 2.46 bits per heavy atom. The van der Waals surface area contributed by atoms with E-state index in [2.05, 4.69) is 14.7 Å². The minimum atomic E-state index is -4.70. The van der Waals surface area contributed by atoms with Crippen molar-refractivity contribution in [1.82, 2.24) is 0 Å². The van der Waals surface area contributed by atoms with Gasteiger partial charge in [0.15, 0.2) is 0 Å². The summed E-state index contributed by atoms with van der Waals surface area (Å²) in [5, 5.41) is 0. The van der Waals surface area contributed by atoms with Crippen LogP contribution in [-0.4, -0.2) is 18.3 Å². The Hall–Kier alpha value is -2.37. The molecule has 0 aliphatic heterocycles. The van der Waals surface area contributed by atoms with Crippen molar-refractivity contribution in [3.8, 4) is 5.75 Å². The van der Waals surface area contributed by atoms with Crippen molar-refractivity contribution in [2.75, 3.05) is 0 Å². The maximum absolute atomic E-state index is 12.3. The first-order valence-electron chi connectivity index (χ1n) is 7.55. The highest BCUT2D eigenvalue weighted by Gasteiger charge is 2.31. The summed E-state index contributed by atoms with van der Waals surface area (Å²) in [6.07, 6.45) is 3.06. The first-order valence-corrected chi connectivity index (χ1v) is 7.55. The number of nitrogens with zero attached hydrogens (tertiary/aromatic N) is 2. The highest BCUT2D eigenvalue weighted by atomic mass is 19.4. The van der Waals surface area contributed by atoms with Crippen LogP contribution >= 0.6 is 0 Å². The highest BCUT2D eigenvalue weighted by molar-refractivity contribution is 6.16. The molecule has 0 aromatic heterocycles. The van der Waals surface area contributed by atoms with Crippen molar-refractivity contribution in [2.45, 2.75) is 40.5 Å². The number of benzene rings is 1. The van der Waals surface area contributed by atoms with Crippen molar-refractivity contribution in [3.63, 3.8) is 0 Å². The third kappa shape index (κ3) is 6.40. The van der Waals surface area contributed by atoms with E-state index < -0.39 is 6.36 Å². The molecule has 0 saturated carbocycles. The minimum absolute atomic E-state index is 0.252. The number of allylic oxidation sites excluding steroid dienone is 3. The number of ether oxygens (including phenoxy) is 1. The van der Waals surface area contributed by atoms with Crippen LogP contribution in [0.25, 0.3) is 0 Å². The number of aryl methyl sites for hydroxylation is 1. The molecule has 130 valence electrons. The van der Waals surface area contributed by atoms with Crippen LogP contribution < -0.4 is 4.74 Å². The van der Waals surface area contributed by atoms with Crippen LogP contribution in [0.2, 0.25) is 0 Å². The number of hydrogen-bond donors (Lipinski definition) is 0. The first-order chi connectivity index (χ1) is 11.3. The molecule has 0 fully saturated rings. The van der Waals surface area contributed by atoms with E-state index >= 15 is 0 Å². The minimum Gasteiger partial charge on any atom is -0.406 e. The lowest BCUT2D eigenvalue weighted by Gasteiger charge is -2.11. The quantitative estimate of drug-likeness (QED) is 0.592. The second kappa shape index (κ2) is 9.05. The largest absolute Gasteiger partial charge is 0.573 e. The molecule has 0 unspecified atom stereocenters. The van der Waals surface area contributed by atoms with Crippen molar-refractivity contribution in [2.24, 2.45) is 9.98 Å². The monoisotopic (exact) mass is 338 g/mol. The van der Waals surface area contributed by atoms with Gasteiger partial charge in [0.05, 0.1) is 5.69 Å². The molecule has 3 nitrogen and oxygen atoms in total. The molecule has 6 heteroatoms. The molecule has 0 radical (unpaired) electrons. The number of rotatable bonds is 6. The summed E-state index contributed by atoms with van der Waals surface area (Å²) in [4.78, 5) is 8.71. The molecule has 0 aliphatic rings. The van der Waals surface area contributed by atoms with E-state index in [4.69, 9.17) is 0 Å². The molecule has 0 saturated heterocycles. The third-order valence-electron chi connectivity index (χ3n) is 3.09. The molecule has 0 N–H and O–H groups in total. The van der Waals surface area contributed by atoms with Crippen molar-refractivity contribution >= 4 is 17.6 Å². The molecule has 1 aromatic rings. The average molecular weight is 338 g/mol. The Kier molecular flexibility index (Phi) is 7.42. The van der Waals surface area contributed by atoms with Gasteiger partial charge in [-0.1, -0.05) is 19.1 Å². The Balaban J connectivity index is 3.12. The van der Waals surface area contributed by atoms with Crippen molar-refractivity contribution < 1.29 is 17.9 Å². The van der Waals surface area contributed by atoms with Crippen LogP contribution in [0.15, 0.2) is 52.1 Å². The zero-order valence-corrected chi connectivity index (χ0v) is 14.2. The molecular formula is C18H21F3N2O. The molecule has 1 aromatic carbocycles. The van der Waals surface area contributed by atoms with E-state index in [9.17, 15) is 13.2 Å². The molecule has 0 aliphatic carbocycles. The Morgan fingerprint density at radius 2 is 1.96 bits per heavy atom. The van der Waals surface area contributed by atoms with Gasteiger partial charge in [-0.15, -0.1) is 13.2 Å². The molecule has 0 amide bonds. The number of hydrogen-bond acceptors (Lipinski definition) is 3. The van der Waals surface area contributed by atoms with E-state index in [1.54, 1.807) is 19.3 Å². The Morgan fingerprint density at radius 1 is 1.25 bits per heavy atom. The molecular weight excluding hydrogens is 317 g/mol. The van der Waals surface area contributed by atoms with E-state index in [1.807, 2.05) is 32.9 Å². The number of halogens is 3. The van der Waals surface area contributed by atoms with Crippen LogP contribution in [0.1, 0.15) is 32.8 Å². The second-order valence-corrected chi connectivity index (χ2v) is 4.91. The summed E-state index contributed by atoms with van der Waals surface area (Å²) in [6, 6.07) is 4.10. The number of aliphatic imine (C=N–C) groups is 2. The summed E-state index contributed by atoms with van der Waals surface area (Å²) in [5.41, 5.74) is 2.87. The van der Waals surface area contributed by atoms with Gasteiger partial charge in [0.1, 0.15) is 5.75 Å². The van der Waals surface area contributed by atoms with Gasteiger partial charge in [-0.3, -0.25) is 9.98 Å². The molecule has 0 bridgehead atoms. The van der Waals surface area contributed by atoms with Gasteiger partial charge in [0.25, 0.3) is 0 Å². The first kappa shape index (κ1) is 19.7. The van der Waals surface area contributed by atoms with Gasteiger partial charge >= 0.3 is 6.36 Å². The smallest absolute Gasteiger partial charge is 0.406 e. The third-order valence-corrected chi connectivity index (χ3v) is 3.09. The summed E-state index contributed by atoms with van der Waals surface area (Å²) in [6.45, 7) is 7.41. The van der Waals surface area contributed by atoms with Gasteiger partial charge in [0.2, 0.25) is 0 Å². The zero-order chi connectivity index (χ0) is 18.2. The molecule has 24 heavy (non-hydrogen) atoms. The summed E-state index contributed by atoms with van der Waals surface area (Å²) in [5.74, 6) is -0.252. The summed E-state index contributed by atoms with van der Waals surface area (Å²) < 4.78 is 40.7. The van der Waals surface area contributed by atoms with Gasteiger partial charge in [-0.2, -0.15) is 0 Å². The predicted molar refractivity (Wildman–Crippen MR) is 92.3 cm³/mol. The van der Waals surface area contributed by atoms with Crippen LogP contribution in [0.5, 0.6) is 5.75 Å².